The number of phenolic OH excluding ortho intramolecular Hbond substituents is 1. The second kappa shape index (κ2) is 15.9. The number of rotatable bonds is 13. The predicted molar refractivity (Wildman–Crippen MR) is 165 cm³/mol. The quantitative estimate of drug-likeness (QED) is 0.0424. The van der Waals surface area contributed by atoms with E-state index >= 15 is 0 Å². The lowest BCUT2D eigenvalue weighted by atomic mass is 9.98. The molecule has 2 aliphatic heterocycles. The number of hydrogen-bond donors (Lipinski definition) is 11. The number of aromatic hydroxyl groups is 1. The Bertz CT molecular complexity index is 1300. The first-order valence-electron chi connectivity index (χ1n) is 14.3. The lowest BCUT2D eigenvalue weighted by molar-refractivity contribution is -0.149. The molecule has 0 spiro atoms. The van der Waals surface area contributed by atoms with Crippen LogP contribution < -0.4 is 43.4 Å². The predicted octanol–water partition coefficient (Wildman–Crippen LogP) is -4.25. The molecule has 17 nitrogen and oxygen atoms in total. The number of guanidine groups is 1. The summed E-state index contributed by atoms with van der Waals surface area (Å²) in [6, 6.07) is -0.191. The SMILES string of the molecule is C[C@@H]1NC[C@H](C(=O)N[C@@H](CS)C(=O)N[C@@H](Cc2ccc(O)cc2)C(=O)N2C[C@H](C(N)=O)NC(=O)[C@@H]2CCCNC(=N)N)NC1=O. The fourth-order valence-corrected chi connectivity index (χ4v) is 5.15. The molecule has 18 heteroatoms. The van der Waals surface area contributed by atoms with Crippen molar-refractivity contribution >= 4 is 54.0 Å². The van der Waals surface area contributed by atoms with E-state index in [1.165, 1.54) is 17.0 Å². The van der Waals surface area contributed by atoms with Gasteiger partial charge in [0.25, 0.3) is 0 Å². The van der Waals surface area contributed by atoms with Crippen molar-refractivity contribution in [3.8, 4) is 5.75 Å². The summed E-state index contributed by atoms with van der Waals surface area (Å²) in [6.07, 6.45) is 0.394. The number of amides is 6. The van der Waals surface area contributed by atoms with Crippen molar-refractivity contribution in [1.29, 1.82) is 5.41 Å². The highest BCUT2D eigenvalue weighted by atomic mass is 32.1. The number of phenols is 1. The van der Waals surface area contributed by atoms with Gasteiger partial charge in [-0.05, 0) is 37.5 Å². The zero-order chi connectivity index (χ0) is 33.3. The van der Waals surface area contributed by atoms with E-state index in [0.717, 1.165) is 0 Å². The van der Waals surface area contributed by atoms with Crippen molar-refractivity contribution in [2.24, 2.45) is 11.5 Å². The van der Waals surface area contributed by atoms with Crippen LogP contribution in [0.2, 0.25) is 0 Å². The summed E-state index contributed by atoms with van der Waals surface area (Å²) in [5, 5.41) is 32.8. The summed E-state index contributed by atoms with van der Waals surface area (Å²) in [7, 11) is 0. The Morgan fingerprint density at radius 1 is 1.07 bits per heavy atom. The van der Waals surface area contributed by atoms with Gasteiger partial charge in [-0.3, -0.25) is 34.2 Å². The third kappa shape index (κ3) is 9.70. The monoisotopic (exact) mass is 648 g/mol. The molecule has 12 N–H and O–H groups in total. The van der Waals surface area contributed by atoms with E-state index in [9.17, 15) is 33.9 Å². The minimum atomic E-state index is -1.28. The minimum absolute atomic E-state index is 0.0153. The first-order valence-corrected chi connectivity index (χ1v) is 14.9. The molecule has 2 saturated heterocycles. The number of thiol groups is 1. The molecule has 0 radical (unpaired) electrons. The van der Waals surface area contributed by atoms with Crippen molar-refractivity contribution in [3.05, 3.63) is 29.8 Å². The van der Waals surface area contributed by atoms with Crippen LogP contribution in [0.25, 0.3) is 0 Å². The van der Waals surface area contributed by atoms with Gasteiger partial charge in [0.2, 0.25) is 35.4 Å². The molecule has 0 aromatic heterocycles. The fourth-order valence-electron chi connectivity index (χ4n) is 4.89. The van der Waals surface area contributed by atoms with Crippen LogP contribution in [0.1, 0.15) is 25.3 Å². The third-order valence-electron chi connectivity index (χ3n) is 7.43. The molecular weight excluding hydrogens is 608 g/mol. The van der Waals surface area contributed by atoms with Gasteiger partial charge in [-0.15, -0.1) is 0 Å². The molecule has 3 rings (SSSR count). The van der Waals surface area contributed by atoms with Crippen molar-refractivity contribution in [3.63, 3.8) is 0 Å². The van der Waals surface area contributed by atoms with Gasteiger partial charge in [0.05, 0.1) is 12.6 Å². The summed E-state index contributed by atoms with van der Waals surface area (Å²) < 4.78 is 0. The number of primary amides is 1. The Morgan fingerprint density at radius 2 is 1.73 bits per heavy atom. The van der Waals surface area contributed by atoms with Crippen LogP contribution in [-0.2, 0) is 35.2 Å². The molecule has 1 aromatic carbocycles. The minimum Gasteiger partial charge on any atom is -0.508 e. The van der Waals surface area contributed by atoms with E-state index in [1.807, 2.05) is 0 Å². The summed E-state index contributed by atoms with van der Waals surface area (Å²) >= 11 is 4.20. The number of nitrogens with one attached hydrogen (secondary N) is 7. The molecule has 2 heterocycles. The highest BCUT2D eigenvalue weighted by Crippen LogP contribution is 2.18. The molecule has 0 unspecified atom stereocenters. The second-order valence-electron chi connectivity index (χ2n) is 10.8. The highest BCUT2D eigenvalue weighted by Gasteiger charge is 2.42. The maximum atomic E-state index is 14.1. The molecule has 1 aromatic rings. The number of carbonyl (C=O) groups is 6. The third-order valence-corrected chi connectivity index (χ3v) is 7.80. The number of nitrogens with zero attached hydrogens (tertiary/aromatic N) is 1. The lowest BCUT2D eigenvalue weighted by Crippen LogP contribution is -2.67. The average molecular weight is 649 g/mol. The van der Waals surface area contributed by atoms with Crippen LogP contribution in [0, 0.1) is 5.41 Å². The summed E-state index contributed by atoms with van der Waals surface area (Å²) in [6.45, 7) is 1.77. The maximum absolute atomic E-state index is 14.1. The summed E-state index contributed by atoms with van der Waals surface area (Å²) in [5.41, 5.74) is 11.3. The van der Waals surface area contributed by atoms with Crippen LogP contribution in [0.5, 0.6) is 5.75 Å². The van der Waals surface area contributed by atoms with Gasteiger partial charge in [-0.1, -0.05) is 12.1 Å². The van der Waals surface area contributed by atoms with Crippen molar-refractivity contribution in [2.75, 3.05) is 25.4 Å². The van der Waals surface area contributed by atoms with Crippen molar-refractivity contribution in [2.45, 2.75) is 62.4 Å². The molecular formula is C27H40N10O7S. The first kappa shape index (κ1) is 34.9. The van der Waals surface area contributed by atoms with E-state index in [2.05, 4.69) is 44.5 Å². The Kier molecular flexibility index (Phi) is 12.4. The number of piperazine rings is 2. The van der Waals surface area contributed by atoms with E-state index < -0.39 is 65.8 Å². The van der Waals surface area contributed by atoms with Gasteiger partial charge in [0.1, 0.15) is 36.0 Å². The zero-order valence-electron chi connectivity index (χ0n) is 24.7. The lowest BCUT2D eigenvalue weighted by Gasteiger charge is -2.40. The fraction of sp³-hybridized carbons (Fsp3) is 0.519. The van der Waals surface area contributed by atoms with Gasteiger partial charge in [0.15, 0.2) is 5.96 Å². The van der Waals surface area contributed by atoms with Gasteiger partial charge in [0, 0.05) is 25.3 Å². The zero-order valence-corrected chi connectivity index (χ0v) is 25.6. The number of benzene rings is 1. The topological polar surface area (TPSA) is 274 Å². The largest absolute Gasteiger partial charge is 0.508 e. The molecule has 2 aliphatic rings. The average Bonchev–Trinajstić information content (AvgIpc) is 2.99. The van der Waals surface area contributed by atoms with Crippen LogP contribution in [0.3, 0.4) is 0 Å². The normalized spacial score (nSPS) is 22.7. The molecule has 6 amide bonds. The van der Waals surface area contributed by atoms with Gasteiger partial charge in [-0.2, -0.15) is 12.6 Å². The summed E-state index contributed by atoms with van der Waals surface area (Å²) in [4.78, 5) is 78.7. The molecule has 2 fully saturated rings. The Labute approximate surface area is 264 Å². The van der Waals surface area contributed by atoms with Crippen LogP contribution in [-0.4, -0.2) is 113 Å². The molecule has 246 valence electrons. The molecule has 0 bridgehead atoms. The summed E-state index contributed by atoms with van der Waals surface area (Å²) in [5.74, 6) is -4.35. The van der Waals surface area contributed by atoms with E-state index in [0.29, 0.717) is 12.0 Å². The van der Waals surface area contributed by atoms with Crippen LogP contribution in [0.4, 0.5) is 0 Å². The molecule has 0 saturated carbocycles. The standard InChI is InChI=1S/C27H40N10O7S/c1-13-22(40)34-17(10-32-13)23(41)36-19(12-45)24(42)33-16(9-14-4-6-15(38)7-5-14)26(44)37-11-18(21(28)39)35-25(43)20(37)3-2-8-31-27(29)30/h4-7,13,16-20,32,38,45H,2-3,8-12H2,1H3,(H2,28,39)(H,33,42)(H,34,40)(H,35,43)(H,36,41)(H4,29,30,31)/t13-,16-,17+,18+,19-,20-/m0/s1. The van der Waals surface area contributed by atoms with Crippen LogP contribution in [0.15, 0.2) is 24.3 Å². The van der Waals surface area contributed by atoms with Gasteiger partial charge < -0.3 is 53.4 Å². The van der Waals surface area contributed by atoms with E-state index in [1.54, 1.807) is 19.1 Å². The van der Waals surface area contributed by atoms with Gasteiger partial charge >= 0.3 is 0 Å². The molecule has 0 aliphatic carbocycles. The van der Waals surface area contributed by atoms with Crippen LogP contribution >= 0.6 is 12.6 Å². The van der Waals surface area contributed by atoms with Crippen molar-refractivity contribution in [1.82, 2.24) is 36.8 Å². The van der Waals surface area contributed by atoms with E-state index in [-0.39, 0.29) is 55.8 Å². The molecule has 6 atom stereocenters. The maximum Gasteiger partial charge on any atom is 0.246 e. The smallest absolute Gasteiger partial charge is 0.246 e. The Morgan fingerprint density at radius 3 is 2.33 bits per heavy atom. The number of hydrogen-bond acceptors (Lipinski definition) is 10. The Hall–Kier alpha value is -4.58. The molecule has 45 heavy (non-hydrogen) atoms. The van der Waals surface area contributed by atoms with E-state index in [4.69, 9.17) is 16.9 Å². The number of nitrogens with two attached hydrogens (primary N) is 2. The second-order valence-corrected chi connectivity index (χ2v) is 11.2. The van der Waals surface area contributed by atoms with Gasteiger partial charge in [-0.25, -0.2) is 0 Å². The Balaban J connectivity index is 1.84. The van der Waals surface area contributed by atoms with Crippen molar-refractivity contribution < 1.29 is 33.9 Å². The first-order chi connectivity index (χ1) is 21.3. The highest BCUT2D eigenvalue weighted by molar-refractivity contribution is 7.80. The number of carbonyl (C=O) groups excluding carboxylic acids is 6.